The van der Waals surface area contributed by atoms with Gasteiger partial charge in [0, 0.05) is 46.3 Å². The second-order valence-corrected chi connectivity index (χ2v) is 11.0. The minimum atomic E-state index is -4.83. The third-order valence-corrected chi connectivity index (χ3v) is 8.30. The molecule has 3 fully saturated rings. The van der Waals surface area contributed by atoms with E-state index in [0.717, 1.165) is 49.6 Å². The van der Waals surface area contributed by atoms with E-state index < -0.39 is 12.3 Å². The largest absolute Gasteiger partial charge is 0.573 e. The fraction of sp³-hybridized carbons (Fsp3) is 0.400. The highest BCUT2D eigenvalue weighted by Crippen LogP contribution is 2.46. The SMILES string of the molecule is O=C(O)c1cc2ccc(N3C4CC[C@H]3CC(OCc3c(-c5ccccc5OC(F)(F)F)noc3C3CC3)C4)cc2o1. The van der Waals surface area contributed by atoms with Crippen molar-refractivity contribution in [1.29, 1.82) is 0 Å². The highest BCUT2D eigenvalue weighted by molar-refractivity contribution is 5.92. The van der Waals surface area contributed by atoms with Crippen molar-refractivity contribution < 1.29 is 41.5 Å². The molecule has 214 valence electrons. The number of hydrogen-bond acceptors (Lipinski definition) is 7. The van der Waals surface area contributed by atoms with E-state index in [1.165, 1.54) is 18.2 Å². The number of rotatable bonds is 8. The number of piperidine rings is 1. The van der Waals surface area contributed by atoms with Gasteiger partial charge in [-0.25, -0.2) is 4.79 Å². The van der Waals surface area contributed by atoms with Crippen LogP contribution in [0, 0.1) is 0 Å². The van der Waals surface area contributed by atoms with Gasteiger partial charge in [0.2, 0.25) is 5.76 Å². The van der Waals surface area contributed by atoms with Gasteiger partial charge < -0.3 is 28.4 Å². The van der Waals surface area contributed by atoms with Crippen molar-refractivity contribution >= 4 is 22.6 Å². The first-order valence-electron chi connectivity index (χ1n) is 13.7. The summed E-state index contributed by atoms with van der Waals surface area (Å²) in [7, 11) is 0. The molecule has 1 N–H and O–H groups in total. The lowest BCUT2D eigenvalue weighted by molar-refractivity contribution is -0.274. The van der Waals surface area contributed by atoms with Crippen molar-refractivity contribution in [3.8, 4) is 17.0 Å². The molecule has 0 amide bonds. The summed E-state index contributed by atoms with van der Waals surface area (Å²) in [6.45, 7) is 0.186. The van der Waals surface area contributed by atoms with Crippen LogP contribution in [-0.2, 0) is 11.3 Å². The molecule has 1 aliphatic carbocycles. The number of nitrogens with zero attached hydrogens (tertiary/aromatic N) is 2. The highest BCUT2D eigenvalue weighted by atomic mass is 19.4. The number of hydrogen-bond donors (Lipinski definition) is 1. The smallest absolute Gasteiger partial charge is 0.475 e. The first-order chi connectivity index (χ1) is 19.7. The van der Waals surface area contributed by atoms with Gasteiger partial charge in [-0.05, 0) is 68.9 Å². The number of anilines is 1. The number of benzene rings is 2. The van der Waals surface area contributed by atoms with Gasteiger partial charge in [-0.2, -0.15) is 0 Å². The number of carboxylic acid groups (broad SMARTS) is 1. The Morgan fingerprint density at radius 1 is 1.05 bits per heavy atom. The number of alkyl halides is 3. The molecule has 2 bridgehead atoms. The lowest BCUT2D eigenvalue weighted by atomic mass is 9.98. The van der Waals surface area contributed by atoms with Crippen LogP contribution in [-0.4, -0.2) is 40.8 Å². The maximum Gasteiger partial charge on any atom is 0.573 e. The molecule has 4 aromatic rings. The molecule has 0 radical (unpaired) electrons. The lowest BCUT2D eigenvalue weighted by Gasteiger charge is -2.40. The molecule has 8 nitrogen and oxygen atoms in total. The normalized spacial score (nSPS) is 22.4. The first kappa shape index (κ1) is 25.9. The van der Waals surface area contributed by atoms with Gasteiger partial charge >= 0.3 is 12.3 Å². The van der Waals surface area contributed by atoms with Crippen LogP contribution in [0.2, 0.25) is 0 Å². The van der Waals surface area contributed by atoms with E-state index in [1.54, 1.807) is 12.1 Å². The van der Waals surface area contributed by atoms with E-state index in [1.807, 2.05) is 18.2 Å². The van der Waals surface area contributed by atoms with Crippen LogP contribution in [0.5, 0.6) is 5.75 Å². The second kappa shape index (κ2) is 9.83. The molecule has 2 aromatic heterocycles. The third kappa shape index (κ3) is 5.03. The lowest BCUT2D eigenvalue weighted by Crippen LogP contribution is -2.45. The Balaban J connectivity index is 1.09. The molecular weight excluding hydrogens is 541 g/mol. The summed E-state index contributed by atoms with van der Waals surface area (Å²) in [5.41, 5.74) is 2.75. The third-order valence-electron chi connectivity index (χ3n) is 8.30. The zero-order valence-corrected chi connectivity index (χ0v) is 21.9. The number of halogens is 3. The molecular formula is C30H27F3N2O6. The Morgan fingerprint density at radius 3 is 2.51 bits per heavy atom. The molecule has 0 spiro atoms. The van der Waals surface area contributed by atoms with Crippen molar-refractivity contribution in [1.82, 2.24) is 5.16 Å². The van der Waals surface area contributed by atoms with Crippen molar-refractivity contribution in [2.75, 3.05) is 4.90 Å². The minimum Gasteiger partial charge on any atom is -0.475 e. The molecule has 2 aliphatic heterocycles. The zero-order valence-electron chi connectivity index (χ0n) is 21.9. The fourth-order valence-electron chi connectivity index (χ4n) is 6.39. The Kier molecular flexibility index (Phi) is 6.22. The van der Waals surface area contributed by atoms with Gasteiger partial charge in [-0.3, -0.25) is 0 Å². The number of carboxylic acids is 1. The van der Waals surface area contributed by atoms with Gasteiger partial charge in [0.1, 0.15) is 22.8 Å². The van der Waals surface area contributed by atoms with E-state index in [4.69, 9.17) is 13.7 Å². The molecule has 11 heteroatoms. The number of fused-ring (bicyclic) bond motifs is 3. The number of carbonyl (C=O) groups is 1. The van der Waals surface area contributed by atoms with Gasteiger partial charge in [0.15, 0.2) is 0 Å². The highest BCUT2D eigenvalue weighted by Gasteiger charge is 2.42. The van der Waals surface area contributed by atoms with Crippen LogP contribution in [0.4, 0.5) is 18.9 Å². The summed E-state index contributed by atoms with van der Waals surface area (Å²) in [5, 5.41) is 14.2. The van der Waals surface area contributed by atoms with Crippen LogP contribution in [0.25, 0.3) is 22.2 Å². The summed E-state index contributed by atoms with van der Waals surface area (Å²) in [6, 6.07) is 13.8. The van der Waals surface area contributed by atoms with E-state index in [9.17, 15) is 23.1 Å². The monoisotopic (exact) mass is 568 g/mol. The van der Waals surface area contributed by atoms with E-state index in [-0.39, 0.29) is 47.8 Å². The molecule has 41 heavy (non-hydrogen) atoms. The predicted octanol–water partition coefficient (Wildman–Crippen LogP) is 7.28. The van der Waals surface area contributed by atoms with Gasteiger partial charge in [-0.1, -0.05) is 17.3 Å². The van der Waals surface area contributed by atoms with Crippen LogP contribution < -0.4 is 9.64 Å². The fourth-order valence-corrected chi connectivity index (χ4v) is 6.39. The topological polar surface area (TPSA) is 98.2 Å². The Bertz CT molecular complexity index is 1590. The van der Waals surface area contributed by atoms with E-state index in [0.29, 0.717) is 22.6 Å². The number of para-hydroxylation sites is 1. The predicted molar refractivity (Wildman–Crippen MR) is 141 cm³/mol. The van der Waals surface area contributed by atoms with Gasteiger partial charge in [0.25, 0.3) is 0 Å². The molecule has 4 heterocycles. The number of aromatic nitrogens is 1. The molecule has 2 saturated heterocycles. The summed E-state index contributed by atoms with van der Waals surface area (Å²) in [6.07, 6.45) is 0.622. The summed E-state index contributed by atoms with van der Waals surface area (Å²) >= 11 is 0. The molecule has 1 saturated carbocycles. The van der Waals surface area contributed by atoms with Crippen molar-refractivity contribution in [2.45, 2.75) is 75.6 Å². The van der Waals surface area contributed by atoms with Crippen LogP contribution in [0.1, 0.15) is 66.3 Å². The molecule has 2 unspecified atom stereocenters. The average Bonchev–Trinajstić information content (AvgIpc) is 3.44. The maximum absolute atomic E-state index is 13.1. The van der Waals surface area contributed by atoms with Crippen LogP contribution >= 0.6 is 0 Å². The Hall–Kier alpha value is -3.99. The Morgan fingerprint density at radius 2 is 1.80 bits per heavy atom. The van der Waals surface area contributed by atoms with Gasteiger partial charge in [0.05, 0.1) is 12.7 Å². The minimum absolute atomic E-state index is 0.0359. The summed E-state index contributed by atoms with van der Waals surface area (Å²) < 4.78 is 61.2. The van der Waals surface area contributed by atoms with Crippen LogP contribution in [0.3, 0.4) is 0 Å². The quantitative estimate of drug-likeness (QED) is 0.237. The summed E-state index contributed by atoms with van der Waals surface area (Å²) in [4.78, 5) is 13.7. The molecule has 3 atom stereocenters. The van der Waals surface area contributed by atoms with Crippen molar-refractivity contribution in [3.63, 3.8) is 0 Å². The van der Waals surface area contributed by atoms with E-state index >= 15 is 0 Å². The Labute approximate surface area is 232 Å². The van der Waals surface area contributed by atoms with Crippen molar-refractivity contribution in [3.05, 3.63) is 65.6 Å². The van der Waals surface area contributed by atoms with Crippen molar-refractivity contribution in [2.24, 2.45) is 0 Å². The van der Waals surface area contributed by atoms with Crippen LogP contribution in [0.15, 0.2) is 57.5 Å². The molecule has 7 rings (SSSR count). The molecule has 3 aliphatic rings. The zero-order chi connectivity index (χ0) is 28.3. The van der Waals surface area contributed by atoms with E-state index in [2.05, 4.69) is 14.8 Å². The first-order valence-corrected chi connectivity index (χ1v) is 13.7. The standard InChI is InChI=1S/C30H27F3N2O6/c31-30(32,33)40-24-4-2-1-3-22(24)27-23(28(41-34-27)16-5-6-16)15-38-21-12-18-9-10-19(13-21)35(18)20-8-7-17-11-26(29(36)37)39-25(17)14-20/h1-4,7-8,11,14,16,18-19,21H,5-6,9-10,12-13,15H2,(H,36,37)/t18-,19?,21?/m0/s1. The number of ether oxygens (including phenoxy) is 2. The number of furan rings is 1. The average molecular weight is 569 g/mol. The second-order valence-electron chi connectivity index (χ2n) is 11.0. The maximum atomic E-state index is 13.1. The molecule has 2 aromatic carbocycles. The summed E-state index contributed by atoms with van der Waals surface area (Å²) in [5.74, 6) is -0.639. The number of aromatic carboxylic acids is 1. The van der Waals surface area contributed by atoms with Gasteiger partial charge in [-0.15, -0.1) is 13.2 Å².